The molecule has 6 nitrogen and oxygen atoms in total. The molecular formula is C20H22N2O4S. The number of thioether (sulfide) groups is 1. The molecular weight excluding hydrogens is 364 g/mol. The molecule has 0 spiro atoms. The molecule has 142 valence electrons. The number of carboxylic acid groups (broad SMARTS) is 1. The summed E-state index contributed by atoms with van der Waals surface area (Å²) in [6, 6.07) is 13.8. The maximum Gasteiger partial charge on any atom is 0.305 e. The predicted molar refractivity (Wildman–Crippen MR) is 106 cm³/mol. The minimum Gasteiger partial charge on any atom is -0.481 e. The highest BCUT2D eigenvalue weighted by Crippen LogP contribution is 2.23. The number of nitrogens with one attached hydrogen (secondary N) is 2. The Kier molecular flexibility index (Phi) is 7.43. The number of benzene rings is 2. The molecule has 0 saturated heterocycles. The molecule has 0 unspecified atom stereocenters. The summed E-state index contributed by atoms with van der Waals surface area (Å²) in [4.78, 5) is 35.8. The van der Waals surface area contributed by atoms with Crippen LogP contribution in [0, 0.1) is 0 Å². The minimum atomic E-state index is -0.968. The average Bonchev–Trinajstić information content (AvgIpc) is 2.62. The SMILES string of the molecule is CC(C)Sc1ccc(C(=O)Nc2ccc(C(=O)NCCC(=O)O)cc2)cc1. The Morgan fingerprint density at radius 1 is 0.926 bits per heavy atom. The van der Waals surface area contributed by atoms with Gasteiger partial charge in [-0.05, 0) is 48.5 Å². The zero-order valence-corrected chi connectivity index (χ0v) is 16.0. The Morgan fingerprint density at radius 2 is 1.48 bits per heavy atom. The van der Waals surface area contributed by atoms with Crippen LogP contribution in [0.1, 0.15) is 41.0 Å². The van der Waals surface area contributed by atoms with Gasteiger partial charge >= 0.3 is 5.97 Å². The summed E-state index contributed by atoms with van der Waals surface area (Å²) in [6.07, 6.45) is -0.131. The van der Waals surface area contributed by atoms with Crippen molar-refractivity contribution >= 4 is 35.2 Å². The lowest BCUT2D eigenvalue weighted by atomic mass is 10.1. The number of carbonyl (C=O) groups excluding carboxylic acids is 2. The summed E-state index contributed by atoms with van der Waals surface area (Å²) in [7, 11) is 0. The van der Waals surface area contributed by atoms with Crippen LogP contribution in [-0.4, -0.2) is 34.7 Å². The first-order valence-electron chi connectivity index (χ1n) is 8.53. The summed E-state index contributed by atoms with van der Waals surface area (Å²) in [5, 5.41) is 14.4. The van der Waals surface area contributed by atoms with Crippen molar-refractivity contribution in [3.05, 3.63) is 59.7 Å². The second kappa shape index (κ2) is 9.78. The van der Waals surface area contributed by atoms with Gasteiger partial charge in [0.2, 0.25) is 0 Å². The molecule has 0 atom stereocenters. The number of rotatable bonds is 8. The van der Waals surface area contributed by atoms with E-state index in [9.17, 15) is 14.4 Å². The molecule has 3 N–H and O–H groups in total. The highest BCUT2D eigenvalue weighted by molar-refractivity contribution is 7.99. The van der Waals surface area contributed by atoms with E-state index >= 15 is 0 Å². The van der Waals surface area contributed by atoms with Gasteiger partial charge in [0, 0.05) is 33.5 Å². The molecule has 2 aromatic carbocycles. The Hall–Kier alpha value is -2.80. The van der Waals surface area contributed by atoms with Gasteiger partial charge in [0.05, 0.1) is 6.42 Å². The quantitative estimate of drug-likeness (QED) is 0.602. The average molecular weight is 386 g/mol. The minimum absolute atomic E-state index is 0.0672. The van der Waals surface area contributed by atoms with E-state index in [1.54, 1.807) is 48.2 Å². The Labute approximate surface area is 162 Å². The molecule has 0 saturated carbocycles. The molecule has 0 aliphatic heterocycles. The standard InChI is InChI=1S/C20H22N2O4S/c1-13(2)27-17-9-5-15(6-10-17)20(26)22-16-7-3-14(4-8-16)19(25)21-12-11-18(23)24/h3-10,13H,11-12H2,1-2H3,(H,21,25)(H,22,26)(H,23,24). The first-order chi connectivity index (χ1) is 12.8. The maximum absolute atomic E-state index is 12.3. The molecule has 2 rings (SSSR count). The van der Waals surface area contributed by atoms with Crippen LogP contribution < -0.4 is 10.6 Å². The van der Waals surface area contributed by atoms with E-state index in [1.165, 1.54) is 0 Å². The number of aliphatic carboxylic acids is 1. The lowest BCUT2D eigenvalue weighted by Crippen LogP contribution is -2.25. The van der Waals surface area contributed by atoms with Crippen LogP contribution in [0.25, 0.3) is 0 Å². The van der Waals surface area contributed by atoms with Gasteiger partial charge in [-0.2, -0.15) is 0 Å². The topological polar surface area (TPSA) is 95.5 Å². The van der Waals surface area contributed by atoms with Crippen molar-refractivity contribution in [3.63, 3.8) is 0 Å². The van der Waals surface area contributed by atoms with Crippen LogP contribution in [0.3, 0.4) is 0 Å². The van der Waals surface area contributed by atoms with E-state index < -0.39 is 5.97 Å². The predicted octanol–water partition coefficient (Wildman–Crippen LogP) is 3.64. The molecule has 0 fully saturated rings. The highest BCUT2D eigenvalue weighted by Gasteiger charge is 2.09. The van der Waals surface area contributed by atoms with Crippen LogP contribution in [0.5, 0.6) is 0 Å². The van der Waals surface area contributed by atoms with E-state index in [0.717, 1.165) is 4.90 Å². The Morgan fingerprint density at radius 3 is 2.04 bits per heavy atom. The van der Waals surface area contributed by atoms with E-state index in [4.69, 9.17) is 5.11 Å². The number of anilines is 1. The summed E-state index contributed by atoms with van der Waals surface area (Å²) in [5.41, 5.74) is 1.52. The van der Waals surface area contributed by atoms with Crippen molar-refractivity contribution < 1.29 is 19.5 Å². The van der Waals surface area contributed by atoms with Gasteiger partial charge in [-0.25, -0.2) is 0 Å². The maximum atomic E-state index is 12.3. The van der Waals surface area contributed by atoms with Crippen molar-refractivity contribution in [1.29, 1.82) is 0 Å². The van der Waals surface area contributed by atoms with Gasteiger partial charge in [-0.1, -0.05) is 13.8 Å². The third-order valence-corrected chi connectivity index (χ3v) is 4.53. The number of hydrogen-bond donors (Lipinski definition) is 3. The Balaban J connectivity index is 1.92. The Bertz CT molecular complexity index is 802. The van der Waals surface area contributed by atoms with Crippen molar-refractivity contribution in [1.82, 2.24) is 5.32 Å². The van der Waals surface area contributed by atoms with Gasteiger partial charge in [-0.3, -0.25) is 14.4 Å². The second-order valence-corrected chi connectivity index (χ2v) is 7.77. The fourth-order valence-corrected chi connectivity index (χ4v) is 3.09. The molecule has 0 aliphatic rings. The molecule has 27 heavy (non-hydrogen) atoms. The molecule has 0 aromatic heterocycles. The zero-order valence-electron chi connectivity index (χ0n) is 15.2. The molecule has 0 bridgehead atoms. The van der Waals surface area contributed by atoms with E-state index in [2.05, 4.69) is 24.5 Å². The van der Waals surface area contributed by atoms with Crippen molar-refractivity contribution in [2.45, 2.75) is 30.4 Å². The summed E-state index contributed by atoms with van der Waals surface area (Å²) >= 11 is 1.73. The fourth-order valence-electron chi connectivity index (χ4n) is 2.25. The molecule has 2 amide bonds. The van der Waals surface area contributed by atoms with Crippen LogP contribution in [0.2, 0.25) is 0 Å². The first-order valence-corrected chi connectivity index (χ1v) is 9.41. The number of amides is 2. The van der Waals surface area contributed by atoms with Crippen LogP contribution in [-0.2, 0) is 4.79 Å². The normalized spacial score (nSPS) is 10.5. The number of carbonyl (C=O) groups is 3. The third kappa shape index (κ3) is 6.79. The molecule has 7 heteroatoms. The zero-order chi connectivity index (χ0) is 19.8. The van der Waals surface area contributed by atoms with Gasteiger partial charge in [0.15, 0.2) is 0 Å². The lowest BCUT2D eigenvalue weighted by Gasteiger charge is -2.08. The van der Waals surface area contributed by atoms with Crippen molar-refractivity contribution in [3.8, 4) is 0 Å². The van der Waals surface area contributed by atoms with Gasteiger partial charge in [0.25, 0.3) is 11.8 Å². The molecule has 2 aromatic rings. The lowest BCUT2D eigenvalue weighted by molar-refractivity contribution is -0.136. The molecule has 0 heterocycles. The highest BCUT2D eigenvalue weighted by atomic mass is 32.2. The van der Waals surface area contributed by atoms with Gasteiger partial charge in [0.1, 0.15) is 0 Å². The third-order valence-electron chi connectivity index (χ3n) is 3.52. The van der Waals surface area contributed by atoms with Crippen LogP contribution in [0.4, 0.5) is 5.69 Å². The van der Waals surface area contributed by atoms with Gasteiger partial charge in [-0.15, -0.1) is 11.8 Å². The summed E-state index contributed by atoms with van der Waals surface area (Å²) in [5.74, 6) is -1.55. The van der Waals surface area contributed by atoms with Crippen molar-refractivity contribution in [2.75, 3.05) is 11.9 Å². The van der Waals surface area contributed by atoms with Crippen LogP contribution in [0.15, 0.2) is 53.4 Å². The van der Waals surface area contributed by atoms with Crippen LogP contribution >= 0.6 is 11.8 Å². The first kappa shape index (κ1) is 20.5. The largest absolute Gasteiger partial charge is 0.481 e. The summed E-state index contributed by atoms with van der Waals surface area (Å²) < 4.78 is 0. The van der Waals surface area contributed by atoms with E-state index in [-0.39, 0.29) is 24.8 Å². The smallest absolute Gasteiger partial charge is 0.305 e. The fraction of sp³-hybridized carbons (Fsp3) is 0.250. The van der Waals surface area contributed by atoms with E-state index in [1.807, 2.05) is 12.1 Å². The number of hydrogen-bond acceptors (Lipinski definition) is 4. The molecule has 0 aliphatic carbocycles. The summed E-state index contributed by atoms with van der Waals surface area (Å²) in [6.45, 7) is 4.29. The monoisotopic (exact) mass is 386 g/mol. The van der Waals surface area contributed by atoms with Crippen molar-refractivity contribution in [2.24, 2.45) is 0 Å². The second-order valence-electron chi connectivity index (χ2n) is 6.12. The van der Waals surface area contributed by atoms with E-state index in [0.29, 0.717) is 22.1 Å². The molecule has 0 radical (unpaired) electrons. The number of carboxylic acids is 1. The van der Waals surface area contributed by atoms with Gasteiger partial charge < -0.3 is 15.7 Å².